The molecule has 2 heterocycles. The molecule has 0 radical (unpaired) electrons. The Morgan fingerprint density at radius 1 is 1.05 bits per heavy atom. The molecule has 5 nitrogen and oxygen atoms in total. The van der Waals surface area contributed by atoms with Gasteiger partial charge in [0, 0.05) is 37.5 Å². The molecule has 2 fully saturated rings. The van der Waals surface area contributed by atoms with Crippen LogP contribution in [0.2, 0.25) is 0 Å². The van der Waals surface area contributed by atoms with Crippen LogP contribution in [-0.4, -0.2) is 59.0 Å². The van der Waals surface area contributed by atoms with E-state index < -0.39 is 0 Å². The van der Waals surface area contributed by atoms with Gasteiger partial charge in [0.15, 0.2) is 0 Å². The zero-order valence-electron chi connectivity index (χ0n) is 12.1. The molecule has 0 aromatic rings. The maximum Gasteiger partial charge on any atom is 0.227 e. The second kappa shape index (κ2) is 5.12. The molecule has 2 amide bonds. The molecule has 5 heteroatoms. The molecule has 0 atom stereocenters. The van der Waals surface area contributed by atoms with Crippen LogP contribution in [0.3, 0.4) is 0 Å². The van der Waals surface area contributed by atoms with Crippen molar-refractivity contribution in [3.8, 4) is 0 Å². The fraction of sp³-hybridized carbons (Fsp3) is 0.857. The summed E-state index contributed by atoms with van der Waals surface area (Å²) < 4.78 is 0. The van der Waals surface area contributed by atoms with E-state index in [0.717, 1.165) is 12.8 Å². The highest BCUT2D eigenvalue weighted by atomic mass is 16.3. The highest BCUT2D eigenvalue weighted by molar-refractivity contribution is 5.83. The number of piperidine rings is 1. The molecule has 19 heavy (non-hydrogen) atoms. The van der Waals surface area contributed by atoms with E-state index in [1.807, 2.05) is 25.7 Å². The number of nitrogens with zero attached hydrogens (tertiary/aromatic N) is 2. The van der Waals surface area contributed by atoms with Gasteiger partial charge in [-0.3, -0.25) is 9.59 Å². The number of likely N-dealkylation sites (tertiary alicyclic amines) is 2. The molecule has 0 aliphatic carbocycles. The number of carbonyl (C=O) groups is 2. The van der Waals surface area contributed by atoms with Crippen molar-refractivity contribution in [2.45, 2.75) is 39.7 Å². The molecule has 0 unspecified atom stereocenters. The van der Waals surface area contributed by atoms with Gasteiger partial charge in [0.25, 0.3) is 0 Å². The third-order valence-corrected chi connectivity index (χ3v) is 3.95. The highest BCUT2D eigenvalue weighted by Crippen LogP contribution is 2.25. The normalized spacial score (nSPS) is 22.3. The Balaban J connectivity index is 1.82. The van der Waals surface area contributed by atoms with Crippen LogP contribution in [0.5, 0.6) is 0 Å². The molecule has 1 N–H and O–H groups in total. The van der Waals surface area contributed by atoms with Gasteiger partial charge >= 0.3 is 0 Å². The molecule has 0 aromatic heterocycles. The Bertz CT molecular complexity index is 361. The monoisotopic (exact) mass is 268 g/mol. The second-order valence-corrected chi connectivity index (χ2v) is 6.71. The van der Waals surface area contributed by atoms with Gasteiger partial charge in [0.2, 0.25) is 11.8 Å². The first-order chi connectivity index (χ1) is 8.79. The summed E-state index contributed by atoms with van der Waals surface area (Å²) in [5, 5.41) is 9.22. The lowest BCUT2D eigenvalue weighted by Gasteiger charge is -2.41. The predicted molar refractivity (Wildman–Crippen MR) is 71.3 cm³/mol. The first-order valence-electron chi connectivity index (χ1n) is 7.05. The van der Waals surface area contributed by atoms with Crippen LogP contribution in [0.1, 0.15) is 33.6 Å². The van der Waals surface area contributed by atoms with E-state index in [1.54, 1.807) is 4.90 Å². The molecule has 2 rings (SSSR count). The number of amides is 2. The summed E-state index contributed by atoms with van der Waals surface area (Å²) in [4.78, 5) is 27.8. The molecule has 2 saturated heterocycles. The zero-order chi connectivity index (χ0) is 14.2. The van der Waals surface area contributed by atoms with E-state index in [2.05, 4.69) is 0 Å². The fourth-order valence-corrected chi connectivity index (χ4v) is 2.70. The Kier molecular flexibility index (Phi) is 3.85. The minimum Gasteiger partial charge on any atom is -0.389 e. The summed E-state index contributed by atoms with van der Waals surface area (Å²) in [5.41, 5.74) is -0.349. The highest BCUT2D eigenvalue weighted by Gasteiger charge is 2.37. The van der Waals surface area contributed by atoms with Crippen LogP contribution in [0.25, 0.3) is 0 Å². The van der Waals surface area contributed by atoms with Gasteiger partial charge in [-0.25, -0.2) is 0 Å². The van der Waals surface area contributed by atoms with Gasteiger partial charge in [0.05, 0.1) is 6.10 Å². The Morgan fingerprint density at radius 2 is 1.58 bits per heavy atom. The summed E-state index contributed by atoms with van der Waals surface area (Å²) in [7, 11) is 0. The fourth-order valence-electron chi connectivity index (χ4n) is 2.70. The van der Waals surface area contributed by atoms with E-state index in [4.69, 9.17) is 0 Å². The van der Waals surface area contributed by atoms with E-state index in [-0.39, 0.29) is 29.3 Å². The SMILES string of the molecule is CC(C)(C)C(=O)N1CCC(C(=O)N2CC(O)C2)CC1. The van der Waals surface area contributed by atoms with Crippen molar-refractivity contribution in [3.63, 3.8) is 0 Å². The van der Waals surface area contributed by atoms with Crippen LogP contribution >= 0.6 is 0 Å². The minimum atomic E-state index is -0.349. The number of hydrogen-bond donors (Lipinski definition) is 1. The molecule has 0 spiro atoms. The first-order valence-corrected chi connectivity index (χ1v) is 7.05. The average Bonchev–Trinajstić information content (AvgIpc) is 2.32. The third kappa shape index (κ3) is 3.08. The molecule has 0 aromatic carbocycles. The van der Waals surface area contributed by atoms with Gasteiger partial charge in [-0.2, -0.15) is 0 Å². The number of hydrogen-bond acceptors (Lipinski definition) is 3. The lowest BCUT2D eigenvalue weighted by Crippen LogP contribution is -2.56. The smallest absolute Gasteiger partial charge is 0.227 e. The van der Waals surface area contributed by atoms with Gasteiger partial charge in [-0.1, -0.05) is 20.8 Å². The largest absolute Gasteiger partial charge is 0.389 e. The minimum absolute atomic E-state index is 0.0246. The second-order valence-electron chi connectivity index (χ2n) is 6.71. The predicted octanol–water partition coefficient (Wildman–Crippen LogP) is 0.474. The van der Waals surface area contributed by atoms with Crippen molar-refractivity contribution < 1.29 is 14.7 Å². The van der Waals surface area contributed by atoms with Crippen LogP contribution in [0.15, 0.2) is 0 Å². The zero-order valence-corrected chi connectivity index (χ0v) is 12.1. The molecule has 0 bridgehead atoms. The average molecular weight is 268 g/mol. The van der Waals surface area contributed by atoms with Gasteiger partial charge in [-0.15, -0.1) is 0 Å². The van der Waals surface area contributed by atoms with Crippen LogP contribution in [-0.2, 0) is 9.59 Å². The molecule has 108 valence electrons. The Labute approximate surface area is 114 Å². The summed E-state index contributed by atoms with van der Waals surface area (Å²) in [6, 6.07) is 0. The van der Waals surface area contributed by atoms with E-state index in [1.165, 1.54) is 0 Å². The van der Waals surface area contributed by atoms with Crippen molar-refractivity contribution >= 4 is 11.8 Å². The van der Waals surface area contributed by atoms with Crippen molar-refractivity contribution in [3.05, 3.63) is 0 Å². The number of aliphatic hydroxyl groups excluding tert-OH is 1. The summed E-state index contributed by atoms with van der Waals surface area (Å²) >= 11 is 0. The maximum absolute atomic E-state index is 12.1. The van der Waals surface area contributed by atoms with Crippen LogP contribution in [0.4, 0.5) is 0 Å². The van der Waals surface area contributed by atoms with E-state index in [0.29, 0.717) is 26.2 Å². The Morgan fingerprint density at radius 3 is 2.00 bits per heavy atom. The maximum atomic E-state index is 12.1. The van der Waals surface area contributed by atoms with Crippen molar-refractivity contribution in [2.24, 2.45) is 11.3 Å². The lowest BCUT2D eigenvalue weighted by molar-refractivity contribution is -0.150. The molecular weight excluding hydrogens is 244 g/mol. The molecule has 2 aliphatic rings. The van der Waals surface area contributed by atoms with E-state index >= 15 is 0 Å². The van der Waals surface area contributed by atoms with E-state index in [9.17, 15) is 14.7 Å². The number of β-amino-alcohol motifs (C(OH)–C–C–N with tert-alkyl or cyclic N) is 1. The van der Waals surface area contributed by atoms with Gasteiger partial charge < -0.3 is 14.9 Å². The van der Waals surface area contributed by atoms with Crippen LogP contribution < -0.4 is 0 Å². The first kappa shape index (κ1) is 14.3. The Hall–Kier alpha value is -1.10. The number of rotatable bonds is 1. The third-order valence-electron chi connectivity index (χ3n) is 3.95. The van der Waals surface area contributed by atoms with Gasteiger partial charge in [0.1, 0.15) is 0 Å². The molecule has 2 aliphatic heterocycles. The van der Waals surface area contributed by atoms with Crippen LogP contribution in [0, 0.1) is 11.3 Å². The molecular formula is C14H24N2O3. The van der Waals surface area contributed by atoms with Crippen molar-refractivity contribution in [1.82, 2.24) is 9.80 Å². The summed E-state index contributed by atoms with van der Waals surface area (Å²) in [6.07, 6.45) is 1.15. The molecule has 0 saturated carbocycles. The lowest BCUT2D eigenvalue weighted by atomic mass is 9.90. The number of aliphatic hydroxyl groups is 1. The topological polar surface area (TPSA) is 60.9 Å². The van der Waals surface area contributed by atoms with Gasteiger partial charge in [-0.05, 0) is 12.8 Å². The standard InChI is InChI=1S/C14H24N2O3/c1-14(2,3)13(19)15-6-4-10(5-7-15)12(18)16-8-11(17)9-16/h10-11,17H,4-9H2,1-3H3. The number of carbonyl (C=O) groups excluding carboxylic acids is 2. The van der Waals surface area contributed by atoms with Crippen molar-refractivity contribution in [2.75, 3.05) is 26.2 Å². The van der Waals surface area contributed by atoms with Crippen molar-refractivity contribution in [1.29, 1.82) is 0 Å². The summed E-state index contributed by atoms with van der Waals surface area (Å²) in [6.45, 7) is 8.06. The summed E-state index contributed by atoms with van der Waals surface area (Å²) in [5.74, 6) is 0.336. The quantitative estimate of drug-likeness (QED) is 0.752.